The molecule has 96 valence electrons. The number of rotatable bonds is 2. The van der Waals surface area contributed by atoms with Crippen LogP contribution in [0.3, 0.4) is 0 Å². The summed E-state index contributed by atoms with van der Waals surface area (Å²) in [5.41, 5.74) is -0.889. The van der Waals surface area contributed by atoms with Crippen LogP contribution < -0.4 is 0 Å². The lowest BCUT2D eigenvalue weighted by atomic mass is 9.80. The highest BCUT2D eigenvalue weighted by atomic mass is 16.4. The average Bonchev–Trinajstić information content (AvgIpc) is 2.55. The monoisotopic (exact) mass is 239 g/mol. The summed E-state index contributed by atoms with van der Waals surface area (Å²) in [7, 11) is 0. The Balaban J connectivity index is 2.24. The van der Waals surface area contributed by atoms with Crippen molar-refractivity contribution in [1.82, 2.24) is 4.90 Å². The van der Waals surface area contributed by atoms with E-state index in [1.807, 2.05) is 0 Å². The quantitative estimate of drug-likeness (QED) is 0.803. The first-order valence-electron chi connectivity index (χ1n) is 6.71. The molecule has 1 aliphatic heterocycles. The molecule has 0 unspecified atom stereocenters. The van der Waals surface area contributed by atoms with Crippen LogP contribution in [-0.4, -0.2) is 34.0 Å². The van der Waals surface area contributed by atoms with Gasteiger partial charge in [-0.25, -0.2) is 4.79 Å². The van der Waals surface area contributed by atoms with Crippen LogP contribution in [0.1, 0.15) is 57.8 Å². The Hall–Kier alpha value is -1.06. The van der Waals surface area contributed by atoms with Gasteiger partial charge in [-0.05, 0) is 25.7 Å². The summed E-state index contributed by atoms with van der Waals surface area (Å²) in [6, 6.07) is 0. The van der Waals surface area contributed by atoms with E-state index in [1.165, 1.54) is 0 Å². The number of carboxylic acids is 1. The number of likely N-dealkylation sites (tertiary alicyclic amines) is 1. The van der Waals surface area contributed by atoms with Crippen molar-refractivity contribution in [3.8, 4) is 0 Å². The Morgan fingerprint density at radius 1 is 1.06 bits per heavy atom. The van der Waals surface area contributed by atoms with Crippen molar-refractivity contribution in [3.63, 3.8) is 0 Å². The Morgan fingerprint density at radius 3 is 2.35 bits per heavy atom. The van der Waals surface area contributed by atoms with Crippen molar-refractivity contribution in [2.24, 2.45) is 0 Å². The smallest absolute Gasteiger partial charge is 0.329 e. The molecule has 0 bridgehead atoms. The first kappa shape index (κ1) is 12.4. The second-order valence-corrected chi connectivity index (χ2v) is 5.25. The fourth-order valence-corrected chi connectivity index (χ4v) is 3.17. The van der Waals surface area contributed by atoms with Crippen LogP contribution in [0.15, 0.2) is 0 Å². The number of hydrogen-bond donors (Lipinski definition) is 1. The van der Waals surface area contributed by atoms with Crippen molar-refractivity contribution in [3.05, 3.63) is 0 Å². The zero-order valence-electron chi connectivity index (χ0n) is 10.3. The van der Waals surface area contributed by atoms with E-state index in [4.69, 9.17) is 0 Å². The van der Waals surface area contributed by atoms with Crippen molar-refractivity contribution in [2.45, 2.75) is 63.3 Å². The van der Waals surface area contributed by atoms with Gasteiger partial charge in [0.05, 0.1) is 0 Å². The molecule has 17 heavy (non-hydrogen) atoms. The number of carbonyl (C=O) groups is 2. The van der Waals surface area contributed by atoms with Crippen molar-refractivity contribution in [2.75, 3.05) is 6.54 Å². The molecule has 1 aliphatic carbocycles. The average molecular weight is 239 g/mol. The van der Waals surface area contributed by atoms with Gasteiger partial charge in [-0.15, -0.1) is 0 Å². The van der Waals surface area contributed by atoms with Gasteiger partial charge in [-0.3, -0.25) is 4.79 Å². The highest BCUT2D eigenvalue weighted by Gasteiger charge is 2.46. The van der Waals surface area contributed by atoms with Crippen LogP contribution in [0.4, 0.5) is 0 Å². The maximum Gasteiger partial charge on any atom is 0.329 e. The molecule has 0 spiro atoms. The summed E-state index contributed by atoms with van der Waals surface area (Å²) in [5, 5.41) is 9.56. The number of aliphatic carboxylic acids is 1. The number of carboxylic acid groups (broad SMARTS) is 1. The van der Waals surface area contributed by atoms with E-state index in [9.17, 15) is 14.7 Å². The van der Waals surface area contributed by atoms with Gasteiger partial charge in [-0.2, -0.15) is 0 Å². The van der Waals surface area contributed by atoms with E-state index >= 15 is 0 Å². The second-order valence-electron chi connectivity index (χ2n) is 5.25. The van der Waals surface area contributed by atoms with Gasteiger partial charge < -0.3 is 10.0 Å². The molecule has 2 fully saturated rings. The Bertz CT molecular complexity index is 308. The minimum atomic E-state index is -0.889. The summed E-state index contributed by atoms with van der Waals surface area (Å²) >= 11 is 0. The molecular weight excluding hydrogens is 218 g/mol. The highest BCUT2D eigenvalue weighted by Crippen LogP contribution is 2.35. The summed E-state index contributed by atoms with van der Waals surface area (Å²) in [4.78, 5) is 25.4. The third-order valence-electron chi connectivity index (χ3n) is 4.17. The lowest BCUT2D eigenvalue weighted by Gasteiger charge is -2.42. The lowest BCUT2D eigenvalue weighted by molar-refractivity contribution is -0.161. The van der Waals surface area contributed by atoms with Crippen LogP contribution >= 0.6 is 0 Å². The van der Waals surface area contributed by atoms with Gasteiger partial charge in [0.2, 0.25) is 5.91 Å². The summed E-state index contributed by atoms with van der Waals surface area (Å²) in [6.45, 7) is 0.630. The van der Waals surface area contributed by atoms with E-state index in [-0.39, 0.29) is 5.91 Å². The molecule has 0 aromatic carbocycles. The molecule has 0 radical (unpaired) electrons. The predicted molar refractivity (Wildman–Crippen MR) is 63.6 cm³/mol. The third-order valence-corrected chi connectivity index (χ3v) is 4.17. The number of amides is 1. The first-order valence-corrected chi connectivity index (χ1v) is 6.71. The topological polar surface area (TPSA) is 57.6 Å². The number of nitrogens with zero attached hydrogens (tertiary/aromatic N) is 1. The largest absolute Gasteiger partial charge is 0.479 e. The van der Waals surface area contributed by atoms with E-state index in [1.54, 1.807) is 4.90 Å². The fraction of sp³-hybridized carbons (Fsp3) is 0.846. The maximum atomic E-state index is 12.1. The molecule has 1 amide bonds. The molecule has 4 nitrogen and oxygen atoms in total. The molecule has 0 aromatic rings. The van der Waals surface area contributed by atoms with Crippen LogP contribution in [0.25, 0.3) is 0 Å². The Morgan fingerprint density at radius 2 is 1.71 bits per heavy atom. The molecule has 2 aliphatic rings. The molecular formula is C13H21NO3. The standard InChI is InChI=1S/C13H21NO3/c15-11-7-3-1-6-10-14(11)13(12(16)17)8-4-2-5-9-13/h1-10H2,(H,16,17). The van der Waals surface area contributed by atoms with Crippen molar-refractivity contribution in [1.29, 1.82) is 0 Å². The van der Waals surface area contributed by atoms with Gasteiger partial charge in [-0.1, -0.05) is 25.7 Å². The molecule has 1 saturated heterocycles. The van der Waals surface area contributed by atoms with Crippen molar-refractivity contribution < 1.29 is 14.7 Å². The second kappa shape index (κ2) is 5.07. The van der Waals surface area contributed by atoms with Crippen LogP contribution in [0.5, 0.6) is 0 Å². The maximum absolute atomic E-state index is 12.1. The summed E-state index contributed by atoms with van der Waals surface area (Å²) in [6.07, 6.45) is 7.63. The zero-order chi connectivity index (χ0) is 12.3. The van der Waals surface area contributed by atoms with E-state index < -0.39 is 11.5 Å². The molecule has 2 rings (SSSR count). The molecule has 1 heterocycles. The fourth-order valence-electron chi connectivity index (χ4n) is 3.17. The SMILES string of the molecule is O=C1CCCCCN1C1(C(=O)O)CCCCC1. The number of carbonyl (C=O) groups excluding carboxylic acids is 1. The first-order chi connectivity index (χ1) is 8.17. The van der Waals surface area contributed by atoms with Gasteiger partial charge in [0.15, 0.2) is 0 Å². The Kier molecular flexibility index (Phi) is 3.69. The van der Waals surface area contributed by atoms with Crippen LogP contribution in [0.2, 0.25) is 0 Å². The van der Waals surface area contributed by atoms with Gasteiger partial charge in [0.1, 0.15) is 5.54 Å². The summed E-state index contributed by atoms with van der Waals surface area (Å²) in [5.74, 6) is -0.751. The van der Waals surface area contributed by atoms with E-state index in [0.29, 0.717) is 25.8 Å². The third kappa shape index (κ3) is 2.31. The van der Waals surface area contributed by atoms with Crippen LogP contribution in [-0.2, 0) is 9.59 Å². The van der Waals surface area contributed by atoms with Gasteiger partial charge in [0, 0.05) is 13.0 Å². The Labute approximate surface area is 102 Å². The zero-order valence-corrected chi connectivity index (χ0v) is 10.3. The van der Waals surface area contributed by atoms with E-state index in [0.717, 1.165) is 38.5 Å². The number of hydrogen-bond acceptors (Lipinski definition) is 2. The summed E-state index contributed by atoms with van der Waals surface area (Å²) < 4.78 is 0. The predicted octanol–water partition coefficient (Wildman–Crippen LogP) is 2.18. The normalized spacial score (nSPS) is 25.4. The van der Waals surface area contributed by atoms with Crippen molar-refractivity contribution >= 4 is 11.9 Å². The molecule has 0 aromatic heterocycles. The minimum absolute atomic E-state index is 0.0480. The molecule has 0 atom stereocenters. The lowest BCUT2D eigenvalue weighted by Crippen LogP contribution is -2.58. The van der Waals surface area contributed by atoms with E-state index in [2.05, 4.69) is 0 Å². The minimum Gasteiger partial charge on any atom is -0.479 e. The van der Waals surface area contributed by atoms with Gasteiger partial charge in [0.25, 0.3) is 0 Å². The van der Waals surface area contributed by atoms with Gasteiger partial charge >= 0.3 is 5.97 Å². The molecule has 1 N–H and O–H groups in total. The highest BCUT2D eigenvalue weighted by molar-refractivity contribution is 5.87. The molecule has 4 heteroatoms. The molecule has 1 saturated carbocycles. The van der Waals surface area contributed by atoms with Crippen LogP contribution in [0, 0.1) is 0 Å².